The second kappa shape index (κ2) is 7.21. The maximum Gasteiger partial charge on any atom is 0.279 e. The molecule has 0 fully saturated rings. The average Bonchev–Trinajstić information content (AvgIpc) is 2.35. The van der Waals surface area contributed by atoms with Crippen molar-refractivity contribution < 1.29 is 8.42 Å². The van der Waals surface area contributed by atoms with Crippen LogP contribution in [0.15, 0.2) is 24.3 Å². The molecule has 0 aliphatic carbocycles. The highest BCUT2D eigenvalue weighted by atomic mass is 35.5. The van der Waals surface area contributed by atoms with Crippen molar-refractivity contribution in [2.75, 3.05) is 20.1 Å². The third kappa shape index (κ3) is 5.08. The van der Waals surface area contributed by atoms with E-state index in [9.17, 15) is 8.42 Å². The van der Waals surface area contributed by atoms with Crippen LogP contribution in [0.25, 0.3) is 0 Å². The number of nitrogens with two attached hydrogens (primary N) is 1. The molecule has 0 amide bonds. The van der Waals surface area contributed by atoms with Gasteiger partial charge in [-0.1, -0.05) is 23.7 Å². The van der Waals surface area contributed by atoms with Gasteiger partial charge in [-0.25, -0.2) is 0 Å². The average molecular weight is 306 g/mol. The quantitative estimate of drug-likeness (QED) is 0.802. The zero-order valence-corrected chi connectivity index (χ0v) is 12.7. The van der Waals surface area contributed by atoms with Crippen LogP contribution in [-0.2, 0) is 10.2 Å². The van der Waals surface area contributed by atoms with Gasteiger partial charge < -0.3 is 5.73 Å². The van der Waals surface area contributed by atoms with E-state index >= 15 is 0 Å². The summed E-state index contributed by atoms with van der Waals surface area (Å²) in [6.45, 7) is 2.64. The Hall–Kier alpha value is -0.660. The van der Waals surface area contributed by atoms with Crippen molar-refractivity contribution in [1.29, 1.82) is 0 Å². The molecule has 0 bridgehead atoms. The lowest BCUT2D eigenvalue weighted by Crippen LogP contribution is -2.40. The molecule has 1 aromatic carbocycles. The van der Waals surface area contributed by atoms with E-state index in [1.54, 1.807) is 25.1 Å². The molecule has 1 unspecified atom stereocenters. The molecular formula is C12H20ClN3O2S. The van der Waals surface area contributed by atoms with Crippen molar-refractivity contribution in [2.45, 2.75) is 19.4 Å². The van der Waals surface area contributed by atoms with Crippen molar-refractivity contribution in [3.05, 3.63) is 34.9 Å². The van der Waals surface area contributed by atoms with Crippen LogP contribution < -0.4 is 10.5 Å². The molecule has 0 aliphatic heterocycles. The number of nitrogens with one attached hydrogen (secondary N) is 1. The Morgan fingerprint density at radius 1 is 1.47 bits per heavy atom. The molecular weight excluding hydrogens is 286 g/mol. The molecule has 0 spiro atoms. The summed E-state index contributed by atoms with van der Waals surface area (Å²) in [4.78, 5) is 0. The molecule has 0 aliphatic rings. The molecule has 0 heterocycles. The second-order valence-corrected chi connectivity index (χ2v) is 6.61. The Balaban J connectivity index is 2.72. The SMILES string of the molecule is CC(NS(=O)(=O)N(C)CCCN)c1cccc(Cl)c1. The standard InChI is InChI=1S/C12H20ClN3O2S/c1-10(11-5-3-6-12(13)9-11)15-19(17,18)16(2)8-4-7-14/h3,5-6,9-10,15H,4,7-8,14H2,1-2H3. The van der Waals surface area contributed by atoms with Crippen LogP contribution in [0.2, 0.25) is 5.02 Å². The topological polar surface area (TPSA) is 75.4 Å². The largest absolute Gasteiger partial charge is 0.330 e. The summed E-state index contributed by atoms with van der Waals surface area (Å²) in [7, 11) is -1.98. The number of benzene rings is 1. The van der Waals surface area contributed by atoms with Gasteiger partial charge in [-0.3, -0.25) is 0 Å². The van der Waals surface area contributed by atoms with Gasteiger partial charge in [0.15, 0.2) is 0 Å². The van der Waals surface area contributed by atoms with Crippen molar-refractivity contribution >= 4 is 21.8 Å². The first-order valence-corrected chi connectivity index (χ1v) is 7.87. The van der Waals surface area contributed by atoms with Crippen molar-refractivity contribution in [2.24, 2.45) is 5.73 Å². The number of hydrogen-bond acceptors (Lipinski definition) is 3. The third-order valence-corrected chi connectivity index (χ3v) is 4.65. The highest BCUT2D eigenvalue weighted by Gasteiger charge is 2.20. The number of hydrogen-bond donors (Lipinski definition) is 2. The maximum atomic E-state index is 12.0. The lowest BCUT2D eigenvalue weighted by atomic mass is 10.1. The summed E-state index contributed by atoms with van der Waals surface area (Å²) in [5.74, 6) is 0. The van der Waals surface area contributed by atoms with Gasteiger partial charge in [0.2, 0.25) is 0 Å². The van der Waals surface area contributed by atoms with Gasteiger partial charge in [0.25, 0.3) is 10.2 Å². The molecule has 3 N–H and O–H groups in total. The zero-order chi connectivity index (χ0) is 14.5. The van der Waals surface area contributed by atoms with Crippen molar-refractivity contribution in [3.63, 3.8) is 0 Å². The van der Waals surface area contributed by atoms with Crippen LogP contribution in [0.4, 0.5) is 0 Å². The summed E-state index contributed by atoms with van der Waals surface area (Å²) >= 11 is 5.89. The molecule has 1 rings (SSSR count). The fourth-order valence-corrected chi connectivity index (χ4v) is 2.92. The Morgan fingerprint density at radius 3 is 2.74 bits per heavy atom. The Labute approximate surface area is 119 Å². The predicted molar refractivity (Wildman–Crippen MR) is 78.2 cm³/mol. The van der Waals surface area contributed by atoms with E-state index in [0.29, 0.717) is 24.5 Å². The van der Waals surface area contributed by atoms with Gasteiger partial charge in [-0.2, -0.15) is 17.4 Å². The minimum atomic E-state index is -3.51. The molecule has 7 heteroatoms. The molecule has 0 saturated carbocycles. The minimum Gasteiger partial charge on any atom is -0.330 e. The monoisotopic (exact) mass is 305 g/mol. The summed E-state index contributed by atoms with van der Waals surface area (Å²) in [6.07, 6.45) is 0.628. The third-order valence-electron chi connectivity index (χ3n) is 2.76. The van der Waals surface area contributed by atoms with Gasteiger partial charge in [-0.15, -0.1) is 0 Å². The second-order valence-electron chi connectivity index (χ2n) is 4.36. The molecule has 1 atom stereocenters. The highest BCUT2D eigenvalue weighted by molar-refractivity contribution is 7.87. The molecule has 0 radical (unpaired) electrons. The first kappa shape index (κ1) is 16.4. The van der Waals surface area contributed by atoms with E-state index in [4.69, 9.17) is 17.3 Å². The van der Waals surface area contributed by atoms with Crippen LogP contribution in [0.1, 0.15) is 24.9 Å². The fourth-order valence-electron chi connectivity index (χ4n) is 1.59. The summed E-state index contributed by atoms with van der Waals surface area (Å²) in [6, 6.07) is 6.78. The molecule has 108 valence electrons. The van der Waals surface area contributed by atoms with E-state index in [-0.39, 0.29) is 6.04 Å². The van der Waals surface area contributed by atoms with Gasteiger partial charge in [0.1, 0.15) is 0 Å². The van der Waals surface area contributed by atoms with E-state index in [0.717, 1.165) is 5.56 Å². The maximum absolute atomic E-state index is 12.0. The van der Waals surface area contributed by atoms with Crippen LogP contribution in [0, 0.1) is 0 Å². The molecule has 19 heavy (non-hydrogen) atoms. The number of halogens is 1. The first-order valence-electron chi connectivity index (χ1n) is 6.06. The van der Waals surface area contributed by atoms with Crippen LogP contribution >= 0.6 is 11.6 Å². The minimum absolute atomic E-state index is 0.343. The molecule has 1 aromatic rings. The van der Waals surface area contributed by atoms with Crippen molar-refractivity contribution in [1.82, 2.24) is 9.03 Å². The summed E-state index contributed by atoms with van der Waals surface area (Å²) in [5.41, 5.74) is 6.19. The Bertz CT molecular complexity index is 507. The Morgan fingerprint density at radius 2 is 2.16 bits per heavy atom. The first-order chi connectivity index (χ1) is 8.86. The van der Waals surface area contributed by atoms with E-state index < -0.39 is 10.2 Å². The number of rotatable bonds is 7. The van der Waals surface area contributed by atoms with Gasteiger partial charge in [0, 0.05) is 24.7 Å². The van der Waals surface area contributed by atoms with Crippen molar-refractivity contribution in [3.8, 4) is 0 Å². The summed E-state index contributed by atoms with van der Waals surface area (Å²) < 4.78 is 28.0. The van der Waals surface area contributed by atoms with Gasteiger partial charge in [0.05, 0.1) is 0 Å². The fraction of sp³-hybridized carbons (Fsp3) is 0.500. The van der Waals surface area contributed by atoms with Crippen LogP contribution in [0.3, 0.4) is 0 Å². The summed E-state index contributed by atoms with van der Waals surface area (Å²) in [5, 5.41) is 0.583. The lowest BCUT2D eigenvalue weighted by molar-refractivity contribution is 0.446. The van der Waals surface area contributed by atoms with Gasteiger partial charge in [-0.05, 0) is 37.6 Å². The smallest absolute Gasteiger partial charge is 0.279 e. The van der Waals surface area contributed by atoms with E-state index in [1.807, 2.05) is 6.07 Å². The molecule has 0 saturated heterocycles. The van der Waals surface area contributed by atoms with E-state index in [2.05, 4.69) is 4.72 Å². The lowest BCUT2D eigenvalue weighted by Gasteiger charge is -2.21. The predicted octanol–water partition coefficient (Wildman–Crippen LogP) is 1.52. The van der Waals surface area contributed by atoms with Crippen LogP contribution in [0.5, 0.6) is 0 Å². The molecule has 0 aromatic heterocycles. The van der Waals surface area contributed by atoms with Crippen LogP contribution in [-0.4, -0.2) is 32.9 Å². The zero-order valence-electron chi connectivity index (χ0n) is 11.1. The van der Waals surface area contributed by atoms with E-state index in [1.165, 1.54) is 11.4 Å². The normalized spacial score (nSPS) is 13.7. The molecule has 5 nitrogen and oxygen atoms in total. The number of nitrogens with zero attached hydrogens (tertiary/aromatic N) is 1. The Kier molecular flexibility index (Phi) is 6.22. The highest BCUT2D eigenvalue weighted by Crippen LogP contribution is 2.18. The van der Waals surface area contributed by atoms with Gasteiger partial charge >= 0.3 is 0 Å².